The van der Waals surface area contributed by atoms with Crippen molar-refractivity contribution in [1.82, 2.24) is 9.13 Å². The Morgan fingerprint density at radius 3 is 2.61 bits per heavy atom. The molecule has 2 heterocycles. The van der Waals surface area contributed by atoms with Gasteiger partial charge in [-0.2, -0.15) is 0 Å². The first-order chi connectivity index (χ1) is 10.8. The van der Waals surface area contributed by atoms with E-state index < -0.39 is 41.6 Å². The van der Waals surface area contributed by atoms with Gasteiger partial charge in [0.15, 0.2) is 0 Å². The summed E-state index contributed by atoms with van der Waals surface area (Å²) in [7, 11) is 1.36. The lowest BCUT2D eigenvalue weighted by Gasteiger charge is -2.17. The molecule has 0 saturated carbocycles. The van der Waals surface area contributed by atoms with Crippen LogP contribution in [0.25, 0.3) is 0 Å². The minimum absolute atomic E-state index is 0.0930. The van der Waals surface area contributed by atoms with Crippen molar-refractivity contribution in [2.45, 2.75) is 38.7 Å². The van der Waals surface area contributed by atoms with E-state index in [-0.39, 0.29) is 13.0 Å². The molecule has 23 heavy (non-hydrogen) atoms. The SMILES string of the molecule is CC(=O)OC[C@H]1O[C@@H](n2ccc(=O)n(C)c2=O)CC1OC(C)=O. The molecule has 0 amide bonds. The molecule has 1 unspecified atom stereocenters. The van der Waals surface area contributed by atoms with E-state index in [1.165, 1.54) is 37.7 Å². The molecule has 1 aliphatic heterocycles. The number of hydrogen-bond acceptors (Lipinski definition) is 7. The molecule has 1 aromatic rings. The molecule has 9 heteroatoms. The van der Waals surface area contributed by atoms with E-state index in [4.69, 9.17) is 14.2 Å². The van der Waals surface area contributed by atoms with E-state index >= 15 is 0 Å². The molecule has 1 aliphatic rings. The lowest BCUT2D eigenvalue weighted by Crippen LogP contribution is -2.38. The first-order valence-corrected chi connectivity index (χ1v) is 7.04. The van der Waals surface area contributed by atoms with Gasteiger partial charge in [0.05, 0.1) is 0 Å². The maximum absolute atomic E-state index is 12.1. The topological polar surface area (TPSA) is 106 Å². The quantitative estimate of drug-likeness (QED) is 0.675. The Kier molecular flexibility index (Phi) is 4.99. The van der Waals surface area contributed by atoms with Gasteiger partial charge in [0.2, 0.25) is 0 Å². The Bertz CT molecular complexity index is 721. The molecule has 3 atom stereocenters. The largest absolute Gasteiger partial charge is 0.463 e. The molecule has 1 fully saturated rings. The molecule has 0 spiro atoms. The van der Waals surface area contributed by atoms with Gasteiger partial charge >= 0.3 is 17.6 Å². The monoisotopic (exact) mass is 326 g/mol. The molecule has 0 aromatic carbocycles. The van der Waals surface area contributed by atoms with E-state index in [0.717, 1.165) is 4.57 Å². The molecule has 9 nitrogen and oxygen atoms in total. The molecule has 2 rings (SSSR count). The highest BCUT2D eigenvalue weighted by molar-refractivity contribution is 5.66. The maximum atomic E-state index is 12.1. The third-order valence-corrected chi connectivity index (χ3v) is 3.48. The summed E-state index contributed by atoms with van der Waals surface area (Å²) in [5, 5.41) is 0. The van der Waals surface area contributed by atoms with Gasteiger partial charge in [-0.3, -0.25) is 23.5 Å². The molecule has 126 valence electrons. The number of hydrogen-bond donors (Lipinski definition) is 0. The normalized spacial score (nSPS) is 23.5. The standard InChI is InChI=1S/C14H18N2O7/c1-8(17)21-7-11-10(22-9(2)18)6-13(23-11)16-5-4-12(19)15(3)14(16)20/h4-5,10-11,13H,6-7H2,1-3H3/t10?,11-,13-/m1/s1. The van der Waals surface area contributed by atoms with Gasteiger partial charge in [-0.25, -0.2) is 4.79 Å². The summed E-state index contributed by atoms with van der Waals surface area (Å²) in [5.74, 6) is -0.988. The number of nitrogens with zero attached hydrogens (tertiary/aromatic N) is 2. The number of aromatic nitrogens is 2. The predicted octanol–water partition coefficient (Wildman–Crippen LogP) is -0.671. The fraction of sp³-hybridized carbons (Fsp3) is 0.571. The number of esters is 2. The van der Waals surface area contributed by atoms with Crippen LogP contribution < -0.4 is 11.2 Å². The highest BCUT2D eigenvalue weighted by Crippen LogP contribution is 2.30. The summed E-state index contributed by atoms with van der Waals surface area (Å²) in [6, 6.07) is 1.24. The van der Waals surface area contributed by atoms with Crippen molar-refractivity contribution in [1.29, 1.82) is 0 Å². The lowest BCUT2D eigenvalue weighted by atomic mass is 10.2. The van der Waals surface area contributed by atoms with Crippen molar-refractivity contribution in [2.24, 2.45) is 7.05 Å². The van der Waals surface area contributed by atoms with Gasteiger partial charge in [-0.15, -0.1) is 0 Å². The summed E-state index contributed by atoms with van der Waals surface area (Å²) >= 11 is 0. The molecule has 0 radical (unpaired) electrons. The Balaban J connectivity index is 2.23. The average Bonchev–Trinajstić information content (AvgIpc) is 2.84. The Labute approximate surface area is 131 Å². The number of rotatable bonds is 4. The smallest absolute Gasteiger partial charge is 0.332 e. The van der Waals surface area contributed by atoms with Crippen molar-refractivity contribution >= 4 is 11.9 Å². The van der Waals surface area contributed by atoms with Gasteiger partial charge in [0, 0.05) is 39.6 Å². The summed E-state index contributed by atoms with van der Waals surface area (Å²) in [4.78, 5) is 45.7. The Morgan fingerprint density at radius 1 is 1.30 bits per heavy atom. The van der Waals surface area contributed by atoms with Crippen molar-refractivity contribution in [2.75, 3.05) is 6.61 Å². The first kappa shape index (κ1) is 16.9. The predicted molar refractivity (Wildman–Crippen MR) is 76.7 cm³/mol. The third kappa shape index (κ3) is 3.86. The van der Waals surface area contributed by atoms with Crippen molar-refractivity contribution in [3.05, 3.63) is 33.1 Å². The summed E-state index contributed by atoms with van der Waals surface area (Å²) in [6.07, 6.45) is -0.519. The number of carbonyl (C=O) groups excluding carboxylic acids is 2. The second-order valence-corrected chi connectivity index (χ2v) is 5.22. The molecule has 0 N–H and O–H groups in total. The Hall–Kier alpha value is -2.42. The first-order valence-electron chi connectivity index (χ1n) is 7.04. The maximum Gasteiger partial charge on any atom is 0.332 e. The second-order valence-electron chi connectivity index (χ2n) is 5.22. The molecule has 1 saturated heterocycles. The highest BCUT2D eigenvalue weighted by atomic mass is 16.6. The van der Waals surface area contributed by atoms with Gasteiger partial charge < -0.3 is 14.2 Å². The van der Waals surface area contributed by atoms with Crippen LogP contribution in [0.1, 0.15) is 26.5 Å². The van der Waals surface area contributed by atoms with Crippen LogP contribution in [0.3, 0.4) is 0 Å². The molecular weight excluding hydrogens is 308 g/mol. The van der Waals surface area contributed by atoms with Crippen LogP contribution in [0.2, 0.25) is 0 Å². The highest BCUT2D eigenvalue weighted by Gasteiger charge is 2.39. The van der Waals surface area contributed by atoms with Crippen LogP contribution in [0, 0.1) is 0 Å². The zero-order valence-electron chi connectivity index (χ0n) is 13.1. The van der Waals surface area contributed by atoms with Crippen LogP contribution in [0.5, 0.6) is 0 Å². The number of ether oxygens (including phenoxy) is 3. The van der Waals surface area contributed by atoms with E-state index in [1.54, 1.807) is 0 Å². The Morgan fingerprint density at radius 2 is 2.00 bits per heavy atom. The lowest BCUT2D eigenvalue weighted by molar-refractivity contribution is -0.155. The van der Waals surface area contributed by atoms with E-state index in [0.29, 0.717) is 0 Å². The number of carbonyl (C=O) groups is 2. The fourth-order valence-corrected chi connectivity index (χ4v) is 2.36. The second kappa shape index (κ2) is 6.78. The summed E-state index contributed by atoms with van der Waals surface area (Å²) < 4.78 is 17.9. The van der Waals surface area contributed by atoms with E-state index in [9.17, 15) is 19.2 Å². The van der Waals surface area contributed by atoms with Crippen molar-refractivity contribution in [3.8, 4) is 0 Å². The van der Waals surface area contributed by atoms with Crippen molar-refractivity contribution in [3.63, 3.8) is 0 Å². The molecule has 1 aromatic heterocycles. The van der Waals surface area contributed by atoms with Crippen LogP contribution in [0.15, 0.2) is 21.9 Å². The summed E-state index contributed by atoms with van der Waals surface area (Å²) in [6.45, 7) is 2.42. The van der Waals surface area contributed by atoms with Gasteiger partial charge in [-0.05, 0) is 0 Å². The third-order valence-electron chi connectivity index (χ3n) is 3.48. The van der Waals surface area contributed by atoms with Crippen molar-refractivity contribution < 1.29 is 23.8 Å². The molecule has 0 aliphatic carbocycles. The molecule has 0 bridgehead atoms. The minimum atomic E-state index is -0.723. The average molecular weight is 326 g/mol. The zero-order valence-corrected chi connectivity index (χ0v) is 13.1. The van der Waals surface area contributed by atoms with Crippen LogP contribution in [-0.4, -0.2) is 39.9 Å². The van der Waals surface area contributed by atoms with Crippen LogP contribution in [-0.2, 0) is 30.8 Å². The fourth-order valence-electron chi connectivity index (χ4n) is 2.36. The summed E-state index contributed by atoms with van der Waals surface area (Å²) in [5.41, 5.74) is -0.977. The van der Waals surface area contributed by atoms with Gasteiger partial charge in [0.25, 0.3) is 5.56 Å². The minimum Gasteiger partial charge on any atom is -0.463 e. The van der Waals surface area contributed by atoms with Crippen LogP contribution in [0.4, 0.5) is 0 Å². The van der Waals surface area contributed by atoms with E-state index in [2.05, 4.69) is 0 Å². The van der Waals surface area contributed by atoms with E-state index in [1.807, 2.05) is 0 Å². The zero-order chi connectivity index (χ0) is 17.1. The van der Waals surface area contributed by atoms with Gasteiger partial charge in [-0.1, -0.05) is 0 Å². The van der Waals surface area contributed by atoms with Crippen LogP contribution >= 0.6 is 0 Å². The van der Waals surface area contributed by atoms with Gasteiger partial charge in [0.1, 0.15) is 25.0 Å². The molecular formula is C14H18N2O7.